The average Bonchev–Trinajstić information content (AvgIpc) is 3.10. The minimum atomic E-state index is -3.64. The number of rotatable bonds is 9. The third-order valence-electron chi connectivity index (χ3n) is 3.74. The molecule has 1 amide bonds. The molecule has 0 saturated carbocycles. The van der Waals surface area contributed by atoms with Crippen LogP contribution in [-0.4, -0.2) is 53.8 Å². The van der Waals surface area contributed by atoms with Crippen LogP contribution in [0.2, 0.25) is 0 Å². The molecule has 0 aliphatic carbocycles. The van der Waals surface area contributed by atoms with Gasteiger partial charge in [-0.05, 0) is 37.5 Å². The third kappa shape index (κ3) is 5.55. The summed E-state index contributed by atoms with van der Waals surface area (Å²) in [6.45, 7) is 1.92. The monoisotopic (exact) mass is 356 g/mol. The Hall–Kier alpha value is -1.48. The van der Waals surface area contributed by atoms with Gasteiger partial charge >= 0.3 is 0 Å². The van der Waals surface area contributed by atoms with E-state index in [0.29, 0.717) is 25.1 Å². The highest BCUT2D eigenvalue weighted by Gasteiger charge is 2.18. The molecule has 1 aromatic rings. The molecule has 1 unspecified atom stereocenters. The molecule has 2 rings (SSSR count). The maximum Gasteiger partial charge on any atom is 0.251 e. The number of hydrogen-bond donors (Lipinski definition) is 2. The zero-order chi connectivity index (χ0) is 17.4. The van der Waals surface area contributed by atoms with E-state index in [-0.39, 0.29) is 23.5 Å². The predicted molar refractivity (Wildman–Crippen MR) is 89.4 cm³/mol. The third-order valence-corrected chi connectivity index (χ3v) is 5.20. The van der Waals surface area contributed by atoms with Crippen molar-refractivity contribution in [2.24, 2.45) is 0 Å². The van der Waals surface area contributed by atoms with E-state index in [0.717, 1.165) is 19.4 Å². The van der Waals surface area contributed by atoms with Crippen LogP contribution in [0.15, 0.2) is 29.2 Å². The van der Waals surface area contributed by atoms with Crippen LogP contribution in [0.5, 0.6) is 0 Å². The topological polar surface area (TPSA) is 93.7 Å². The van der Waals surface area contributed by atoms with Gasteiger partial charge in [0.05, 0.1) is 11.0 Å². The summed E-state index contributed by atoms with van der Waals surface area (Å²) >= 11 is 0. The molecule has 0 aromatic heterocycles. The van der Waals surface area contributed by atoms with Crippen LogP contribution < -0.4 is 10.0 Å². The maximum atomic E-state index is 12.2. The highest BCUT2D eigenvalue weighted by Crippen LogP contribution is 2.13. The molecule has 1 aromatic carbocycles. The number of nitrogens with one attached hydrogen (secondary N) is 2. The first-order valence-electron chi connectivity index (χ1n) is 8.01. The van der Waals surface area contributed by atoms with Crippen molar-refractivity contribution in [3.63, 3.8) is 0 Å². The summed E-state index contributed by atoms with van der Waals surface area (Å²) in [6, 6.07) is 6.00. The lowest BCUT2D eigenvalue weighted by Gasteiger charge is -2.11. The van der Waals surface area contributed by atoms with Crippen LogP contribution in [0.3, 0.4) is 0 Å². The van der Waals surface area contributed by atoms with Crippen molar-refractivity contribution in [1.82, 2.24) is 10.0 Å². The Balaban J connectivity index is 1.95. The lowest BCUT2D eigenvalue weighted by Crippen LogP contribution is -2.32. The molecule has 24 heavy (non-hydrogen) atoms. The van der Waals surface area contributed by atoms with Crippen LogP contribution >= 0.6 is 0 Å². The molecule has 0 spiro atoms. The number of methoxy groups -OCH3 is 1. The predicted octanol–water partition coefficient (Wildman–Crippen LogP) is 0.910. The molecular weight excluding hydrogens is 332 g/mol. The Morgan fingerprint density at radius 2 is 2.25 bits per heavy atom. The molecule has 1 aliphatic heterocycles. The van der Waals surface area contributed by atoms with E-state index in [1.165, 1.54) is 12.1 Å². The summed E-state index contributed by atoms with van der Waals surface area (Å²) in [4.78, 5) is 12.3. The number of amides is 1. The summed E-state index contributed by atoms with van der Waals surface area (Å²) in [5, 5.41) is 2.78. The van der Waals surface area contributed by atoms with E-state index in [9.17, 15) is 13.2 Å². The summed E-state index contributed by atoms with van der Waals surface area (Å²) in [5.74, 6) is -0.304. The van der Waals surface area contributed by atoms with Gasteiger partial charge < -0.3 is 14.8 Å². The first-order chi connectivity index (χ1) is 11.5. The lowest BCUT2D eigenvalue weighted by molar-refractivity contribution is 0.0857. The van der Waals surface area contributed by atoms with Crippen molar-refractivity contribution in [1.29, 1.82) is 0 Å². The number of ether oxygens (including phenoxy) is 2. The molecule has 1 heterocycles. The minimum absolute atomic E-state index is 0.0447. The number of hydrogen-bond acceptors (Lipinski definition) is 5. The molecule has 1 atom stereocenters. The van der Waals surface area contributed by atoms with Crippen molar-refractivity contribution < 1.29 is 22.7 Å². The molecule has 7 nitrogen and oxygen atoms in total. The standard InChI is InChI=1S/C16H24N2O5S/c1-22-9-4-8-18-24(20,21)15-7-2-5-13(11-15)16(19)17-12-14-6-3-10-23-14/h2,5,7,11,14,18H,3-4,6,8-10,12H2,1H3,(H,17,19). The van der Waals surface area contributed by atoms with Gasteiger partial charge in [-0.3, -0.25) is 4.79 Å². The maximum absolute atomic E-state index is 12.2. The Morgan fingerprint density at radius 3 is 2.96 bits per heavy atom. The normalized spacial score (nSPS) is 17.8. The van der Waals surface area contributed by atoms with E-state index in [1.54, 1.807) is 19.2 Å². The van der Waals surface area contributed by atoms with E-state index < -0.39 is 10.0 Å². The van der Waals surface area contributed by atoms with E-state index >= 15 is 0 Å². The van der Waals surface area contributed by atoms with E-state index in [1.807, 2.05) is 0 Å². The van der Waals surface area contributed by atoms with Gasteiger partial charge in [-0.15, -0.1) is 0 Å². The van der Waals surface area contributed by atoms with Gasteiger partial charge in [0.2, 0.25) is 10.0 Å². The van der Waals surface area contributed by atoms with Crippen molar-refractivity contribution in [2.45, 2.75) is 30.3 Å². The van der Waals surface area contributed by atoms with Gasteiger partial charge in [0.15, 0.2) is 0 Å². The van der Waals surface area contributed by atoms with Crippen molar-refractivity contribution in [2.75, 3.05) is 33.4 Å². The molecule has 0 radical (unpaired) electrons. The zero-order valence-corrected chi connectivity index (χ0v) is 14.6. The molecular formula is C16H24N2O5S. The first kappa shape index (κ1) is 18.9. The van der Waals surface area contributed by atoms with Gasteiger partial charge in [-0.1, -0.05) is 6.07 Å². The van der Waals surface area contributed by atoms with Crippen LogP contribution in [0.4, 0.5) is 0 Å². The number of carbonyl (C=O) groups is 1. The van der Waals surface area contributed by atoms with Crippen molar-refractivity contribution in [3.05, 3.63) is 29.8 Å². The average molecular weight is 356 g/mol. The van der Waals surface area contributed by atoms with Crippen LogP contribution in [0, 0.1) is 0 Å². The lowest BCUT2D eigenvalue weighted by atomic mass is 10.2. The SMILES string of the molecule is COCCCNS(=O)(=O)c1cccc(C(=O)NCC2CCCO2)c1. The molecule has 8 heteroatoms. The second kappa shape index (κ2) is 9.12. The van der Waals surface area contributed by atoms with Gasteiger partial charge in [-0.2, -0.15) is 0 Å². The van der Waals surface area contributed by atoms with Crippen molar-refractivity contribution >= 4 is 15.9 Å². The largest absolute Gasteiger partial charge is 0.385 e. The molecule has 2 N–H and O–H groups in total. The molecule has 1 saturated heterocycles. The van der Waals surface area contributed by atoms with Crippen LogP contribution in [-0.2, 0) is 19.5 Å². The van der Waals surface area contributed by atoms with Gasteiger partial charge in [0, 0.05) is 39.0 Å². The Morgan fingerprint density at radius 1 is 1.42 bits per heavy atom. The second-order valence-electron chi connectivity index (χ2n) is 5.62. The fourth-order valence-electron chi connectivity index (χ4n) is 2.42. The fraction of sp³-hybridized carbons (Fsp3) is 0.562. The van der Waals surface area contributed by atoms with Gasteiger partial charge in [0.25, 0.3) is 5.91 Å². The fourth-order valence-corrected chi connectivity index (χ4v) is 3.54. The van der Waals surface area contributed by atoms with E-state index in [4.69, 9.17) is 9.47 Å². The number of carbonyl (C=O) groups excluding carboxylic acids is 1. The highest BCUT2D eigenvalue weighted by molar-refractivity contribution is 7.89. The smallest absolute Gasteiger partial charge is 0.251 e. The van der Waals surface area contributed by atoms with Gasteiger partial charge in [0.1, 0.15) is 0 Å². The van der Waals surface area contributed by atoms with E-state index in [2.05, 4.69) is 10.0 Å². The van der Waals surface area contributed by atoms with Gasteiger partial charge in [-0.25, -0.2) is 13.1 Å². The molecule has 1 fully saturated rings. The quantitative estimate of drug-likeness (QED) is 0.642. The Bertz CT molecular complexity index is 642. The highest BCUT2D eigenvalue weighted by atomic mass is 32.2. The summed E-state index contributed by atoms with van der Waals surface area (Å²) < 4.78 is 37.3. The minimum Gasteiger partial charge on any atom is -0.385 e. The molecule has 0 bridgehead atoms. The Labute approximate surface area is 142 Å². The summed E-state index contributed by atoms with van der Waals surface area (Å²) in [5.41, 5.74) is 0.313. The van der Waals surface area contributed by atoms with Crippen LogP contribution in [0.1, 0.15) is 29.6 Å². The summed E-state index contributed by atoms with van der Waals surface area (Å²) in [7, 11) is -2.07. The molecule has 1 aliphatic rings. The van der Waals surface area contributed by atoms with Crippen molar-refractivity contribution in [3.8, 4) is 0 Å². The number of benzene rings is 1. The first-order valence-corrected chi connectivity index (χ1v) is 9.50. The zero-order valence-electron chi connectivity index (χ0n) is 13.8. The number of sulfonamides is 1. The van der Waals surface area contributed by atoms with Crippen LogP contribution in [0.25, 0.3) is 0 Å². The second-order valence-corrected chi connectivity index (χ2v) is 7.38. The summed E-state index contributed by atoms with van der Waals surface area (Å²) in [6.07, 6.45) is 2.56. The molecule has 134 valence electrons. The Kier molecular flexibility index (Phi) is 7.16.